The van der Waals surface area contributed by atoms with Crippen molar-refractivity contribution in [3.63, 3.8) is 0 Å². The van der Waals surface area contributed by atoms with Gasteiger partial charge in [-0.05, 0) is 24.3 Å². The topological polar surface area (TPSA) is 84.9 Å². The molecule has 3 amide bonds. The van der Waals surface area contributed by atoms with Crippen LogP contribution in [-0.2, 0) is 22.7 Å². The minimum Gasteiger partial charge on any atom is -0.467 e. The molecule has 0 fully saturated rings. The van der Waals surface area contributed by atoms with Crippen molar-refractivity contribution in [2.45, 2.75) is 13.2 Å². The minimum absolute atomic E-state index is 0.00208. The molecule has 2 aliphatic heterocycles. The van der Waals surface area contributed by atoms with Crippen molar-refractivity contribution in [2.75, 3.05) is 13.3 Å². The fourth-order valence-corrected chi connectivity index (χ4v) is 3.16. The number of imide groups is 1. The smallest absolute Gasteiger partial charge is 0.262 e. The van der Waals surface area contributed by atoms with Crippen molar-refractivity contribution in [1.29, 1.82) is 0 Å². The normalized spacial score (nSPS) is 15.2. The molecule has 2 aromatic rings. The molecule has 0 aliphatic carbocycles. The number of hydrogen-bond donors (Lipinski definition) is 1. The SMILES string of the molecule is O=C(CN1C(=O)c2ccccc2C1=O)NCc1cc(F)cc2c1OCOC2. The van der Waals surface area contributed by atoms with Gasteiger partial charge in [-0.3, -0.25) is 19.3 Å². The highest BCUT2D eigenvalue weighted by atomic mass is 19.1. The first kappa shape index (κ1) is 17.2. The Balaban J connectivity index is 1.44. The molecule has 0 bridgehead atoms. The molecule has 0 aromatic heterocycles. The van der Waals surface area contributed by atoms with Crippen LogP contribution >= 0.6 is 0 Å². The third-order valence-electron chi connectivity index (χ3n) is 4.41. The number of nitrogens with one attached hydrogen (secondary N) is 1. The molecule has 1 N–H and O–H groups in total. The van der Waals surface area contributed by atoms with Gasteiger partial charge in [0.05, 0.1) is 17.7 Å². The van der Waals surface area contributed by atoms with Crippen molar-refractivity contribution >= 4 is 17.7 Å². The van der Waals surface area contributed by atoms with E-state index in [1.807, 2.05) is 0 Å². The first-order chi connectivity index (χ1) is 13.0. The summed E-state index contributed by atoms with van der Waals surface area (Å²) >= 11 is 0. The molecule has 27 heavy (non-hydrogen) atoms. The van der Waals surface area contributed by atoms with Gasteiger partial charge in [-0.15, -0.1) is 0 Å². The molecule has 0 atom stereocenters. The maximum absolute atomic E-state index is 13.7. The van der Waals surface area contributed by atoms with Crippen LogP contribution in [0.15, 0.2) is 36.4 Å². The fraction of sp³-hybridized carbons (Fsp3) is 0.211. The maximum atomic E-state index is 13.7. The molecule has 138 valence electrons. The number of hydrogen-bond acceptors (Lipinski definition) is 5. The molecule has 2 aromatic carbocycles. The van der Waals surface area contributed by atoms with Crippen LogP contribution in [0.4, 0.5) is 4.39 Å². The predicted octanol–water partition coefficient (Wildman–Crippen LogP) is 1.60. The molecule has 0 saturated carbocycles. The van der Waals surface area contributed by atoms with Gasteiger partial charge in [0, 0.05) is 17.7 Å². The zero-order valence-electron chi connectivity index (χ0n) is 14.2. The molecular weight excluding hydrogens is 355 g/mol. The second-order valence-electron chi connectivity index (χ2n) is 6.18. The Morgan fingerprint density at radius 1 is 1.15 bits per heavy atom. The largest absolute Gasteiger partial charge is 0.467 e. The van der Waals surface area contributed by atoms with Gasteiger partial charge in [0.2, 0.25) is 5.91 Å². The lowest BCUT2D eigenvalue weighted by molar-refractivity contribution is -0.121. The summed E-state index contributed by atoms with van der Waals surface area (Å²) in [5.74, 6) is -1.53. The lowest BCUT2D eigenvalue weighted by Gasteiger charge is -2.21. The Kier molecular flexibility index (Phi) is 4.33. The number of fused-ring (bicyclic) bond motifs is 2. The third-order valence-corrected chi connectivity index (χ3v) is 4.41. The molecule has 0 unspecified atom stereocenters. The standard InChI is InChI=1S/C19H15FN2O5/c20-13-5-11(17-12(6-13)9-26-10-27-17)7-21-16(23)8-22-18(24)14-3-1-2-4-15(14)19(22)25/h1-6H,7-10H2,(H,21,23). The van der Waals surface area contributed by atoms with Gasteiger partial charge in [-0.25, -0.2) is 4.39 Å². The highest BCUT2D eigenvalue weighted by Crippen LogP contribution is 2.29. The van der Waals surface area contributed by atoms with Gasteiger partial charge in [-0.1, -0.05) is 12.1 Å². The molecular formula is C19H15FN2O5. The van der Waals surface area contributed by atoms with Crippen molar-refractivity contribution in [3.05, 3.63) is 64.5 Å². The van der Waals surface area contributed by atoms with Crippen molar-refractivity contribution < 1.29 is 28.2 Å². The third kappa shape index (κ3) is 3.15. The molecule has 2 aliphatic rings. The van der Waals surface area contributed by atoms with E-state index in [0.29, 0.717) is 16.9 Å². The summed E-state index contributed by atoms with van der Waals surface area (Å²) in [6.07, 6.45) is 0. The summed E-state index contributed by atoms with van der Waals surface area (Å²) in [4.78, 5) is 37.7. The van der Waals surface area contributed by atoms with Gasteiger partial charge in [0.15, 0.2) is 6.79 Å². The van der Waals surface area contributed by atoms with E-state index in [4.69, 9.17) is 9.47 Å². The number of rotatable bonds is 4. The van der Waals surface area contributed by atoms with Crippen molar-refractivity contribution in [3.8, 4) is 5.75 Å². The van der Waals surface area contributed by atoms with Crippen LogP contribution in [0, 0.1) is 5.82 Å². The first-order valence-electron chi connectivity index (χ1n) is 8.28. The average molecular weight is 370 g/mol. The molecule has 4 rings (SSSR count). The van der Waals surface area contributed by atoms with Crippen LogP contribution in [0.25, 0.3) is 0 Å². The first-order valence-corrected chi connectivity index (χ1v) is 8.28. The molecule has 0 saturated heterocycles. The quantitative estimate of drug-likeness (QED) is 0.827. The van der Waals surface area contributed by atoms with Crippen LogP contribution in [0.3, 0.4) is 0 Å². The number of carbonyl (C=O) groups is 3. The number of benzene rings is 2. The van der Waals surface area contributed by atoms with E-state index in [9.17, 15) is 18.8 Å². The Morgan fingerprint density at radius 3 is 2.56 bits per heavy atom. The Labute approximate surface area is 153 Å². The highest BCUT2D eigenvalue weighted by molar-refractivity contribution is 6.22. The van der Waals surface area contributed by atoms with E-state index in [1.54, 1.807) is 24.3 Å². The van der Waals surface area contributed by atoms with E-state index in [2.05, 4.69) is 5.32 Å². The zero-order valence-corrected chi connectivity index (χ0v) is 14.2. The van der Waals surface area contributed by atoms with Crippen LogP contribution < -0.4 is 10.1 Å². The van der Waals surface area contributed by atoms with E-state index in [0.717, 1.165) is 4.90 Å². The molecule has 0 radical (unpaired) electrons. The van der Waals surface area contributed by atoms with E-state index >= 15 is 0 Å². The van der Waals surface area contributed by atoms with Gasteiger partial charge in [-0.2, -0.15) is 0 Å². The van der Waals surface area contributed by atoms with Crippen LogP contribution in [0.1, 0.15) is 31.8 Å². The van der Waals surface area contributed by atoms with Gasteiger partial charge >= 0.3 is 0 Å². The summed E-state index contributed by atoms with van der Waals surface area (Å²) in [5.41, 5.74) is 1.58. The lowest BCUT2D eigenvalue weighted by Crippen LogP contribution is -2.40. The van der Waals surface area contributed by atoms with Crippen LogP contribution in [0.2, 0.25) is 0 Å². The summed E-state index contributed by atoms with van der Waals surface area (Å²) < 4.78 is 24.2. The molecule has 7 nitrogen and oxygen atoms in total. The second kappa shape index (κ2) is 6.81. The average Bonchev–Trinajstić information content (AvgIpc) is 2.91. The van der Waals surface area contributed by atoms with Crippen LogP contribution in [0.5, 0.6) is 5.75 Å². The Bertz CT molecular complexity index is 924. The number of ether oxygens (including phenoxy) is 2. The number of nitrogens with zero attached hydrogens (tertiary/aromatic N) is 1. The molecule has 8 heteroatoms. The van der Waals surface area contributed by atoms with E-state index in [1.165, 1.54) is 12.1 Å². The van der Waals surface area contributed by atoms with Crippen molar-refractivity contribution in [1.82, 2.24) is 10.2 Å². The maximum Gasteiger partial charge on any atom is 0.262 e. The highest BCUT2D eigenvalue weighted by Gasteiger charge is 2.36. The van der Waals surface area contributed by atoms with Gasteiger partial charge in [0.1, 0.15) is 18.1 Å². The van der Waals surface area contributed by atoms with Crippen molar-refractivity contribution in [2.24, 2.45) is 0 Å². The fourth-order valence-electron chi connectivity index (χ4n) is 3.16. The summed E-state index contributed by atoms with van der Waals surface area (Å²) in [6, 6.07) is 9.00. The zero-order chi connectivity index (χ0) is 19.0. The van der Waals surface area contributed by atoms with E-state index < -0.39 is 30.1 Å². The minimum atomic E-state index is -0.533. The number of amides is 3. The molecule has 2 heterocycles. The van der Waals surface area contributed by atoms with Gasteiger partial charge < -0.3 is 14.8 Å². The summed E-state index contributed by atoms with van der Waals surface area (Å²) in [5, 5.41) is 2.60. The lowest BCUT2D eigenvalue weighted by atomic mass is 10.1. The van der Waals surface area contributed by atoms with Crippen LogP contribution in [-0.4, -0.2) is 36.0 Å². The predicted molar refractivity (Wildman–Crippen MR) is 90.3 cm³/mol. The number of carbonyl (C=O) groups excluding carboxylic acids is 3. The molecule has 0 spiro atoms. The Morgan fingerprint density at radius 2 is 1.85 bits per heavy atom. The summed E-state index contributed by atoms with van der Waals surface area (Å²) in [6.45, 7) is -0.131. The summed E-state index contributed by atoms with van der Waals surface area (Å²) in [7, 11) is 0. The number of halogens is 1. The monoisotopic (exact) mass is 370 g/mol. The second-order valence-corrected chi connectivity index (χ2v) is 6.18. The Hall–Kier alpha value is -3.26. The van der Waals surface area contributed by atoms with E-state index in [-0.39, 0.29) is 31.1 Å². The van der Waals surface area contributed by atoms with Gasteiger partial charge in [0.25, 0.3) is 11.8 Å².